The van der Waals surface area contributed by atoms with Crippen LogP contribution in [0.1, 0.15) is 40.5 Å². The molecule has 0 aliphatic rings. The summed E-state index contributed by atoms with van der Waals surface area (Å²) < 4.78 is 0. The van der Waals surface area contributed by atoms with Crippen LogP contribution >= 0.6 is 0 Å². The monoisotopic (exact) mass is 209 g/mol. The number of hydrogen-bond donors (Lipinski definition) is 0. The van der Waals surface area contributed by atoms with Gasteiger partial charge >= 0.3 is 0 Å². The van der Waals surface area contributed by atoms with Crippen LogP contribution in [0.4, 0.5) is 0 Å². The number of hydrogen-bond acceptors (Lipinski definition) is 1. The number of carbonyl (C=O) groups excluding carboxylic acids is 1. The summed E-state index contributed by atoms with van der Waals surface area (Å²) in [6, 6.07) is 0. The number of carbonyl (C=O) groups is 1. The zero-order chi connectivity index (χ0) is 12.1. The highest BCUT2D eigenvalue weighted by Crippen LogP contribution is 2.26. The van der Waals surface area contributed by atoms with Crippen molar-refractivity contribution in [1.82, 2.24) is 4.90 Å². The molecule has 1 atom stereocenters. The molecule has 0 saturated carbocycles. The van der Waals surface area contributed by atoms with E-state index in [1.807, 2.05) is 0 Å². The fourth-order valence-electron chi connectivity index (χ4n) is 1.80. The zero-order valence-electron chi connectivity index (χ0n) is 10.6. The molecule has 0 N–H and O–H groups in total. The predicted molar refractivity (Wildman–Crippen MR) is 64.3 cm³/mol. The lowest BCUT2D eigenvalue weighted by Gasteiger charge is -2.24. The van der Waals surface area contributed by atoms with E-state index >= 15 is 0 Å². The van der Waals surface area contributed by atoms with Crippen LogP contribution in [0.5, 0.6) is 0 Å². The average molecular weight is 209 g/mol. The maximum absolute atomic E-state index is 11.7. The first kappa shape index (κ1) is 14.0. The van der Waals surface area contributed by atoms with Crippen molar-refractivity contribution in [1.29, 1.82) is 0 Å². The minimum Gasteiger partial charge on any atom is -0.335 e. The Labute approximate surface area is 94.0 Å². The lowest BCUT2D eigenvalue weighted by Crippen LogP contribution is -2.29. The van der Waals surface area contributed by atoms with E-state index in [4.69, 9.17) is 6.42 Å². The van der Waals surface area contributed by atoms with Gasteiger partial charge in [0, 0.05) is 13.5 Å². The second-order valence-electron chi connectivity index (χ2n) is 5.53. The summed E-state index contributed by atoms with van der Waals surface area (Å²) in [5, 5.41) is 0. The standard InChI is InChI=1S/C13H23NO/c1-7-8-14(6)12(15)9-11(2)10-13(3,4)5/h1,11H,8-10H2,2-6H3. The summed E-state index contributed by atoms with van der Waals surface area (Å²) in [4.78, 5) is 13.3. The fourth-order valence-corrected chi connectivity index (χ4v) is 1.80. The number of amides is 1. The van der Waals surface area contributed by atoms with Gasteiger partial charge in [-0.15, -0.1) is 6.42 Å². The molecule has 2 nitrogen and oxygen atoms in total. The molecule has 0 radical (unpaired) electrons. The Kier molecular flexibility index (Phi) is 5.43. The molecule has 0 aliphatic carbocycles. The Bertz CT molecular complexity index is 244. The normalized spacial score (nSPS) is 13.1. The maximum atomic E-state index is 11.7. The smallest absolute Gasteiger partial charge is 0.223 e. The summed E-state index contributed by atoms with van der Waals surface area (Å²) in [7, 11) is 1.76. The summed E-state index contributed by atoms with van der Waals surface area (Å²) >= 11 is 0. The Morgan fingerprint density at radius 1 is 1.47 bits per heavy atom. The lowest BCUT2D eigenvalue weighted by atomic mass is 9.84. The predicted octanol–water partition coefficient (Wildman–Crippen LogP) is 2.54. The number of terminal acetylenes is 1. The first-order valence-electron chi connectivity index (χ1n) is 5.43. The van der Waals surface area contributed by atoms with Crippen LogP contribution < -0.4 is 0 Å². The van der Waals surface area contributed by atoms with Gasteiger partial charge in [-0.1, -0.05) is 33.6 Å². The van der Waals surface area contributed by atoms with Crippen molar-refractivity contribution in [3.05, 3.63) is 0 Å². The Hall–Kier alpha value is -0.970. The largest absolute Gasteiger partial charge is 0.335 e. The second kappa shape index (κ2) is 5.80. The molecule has 0 aromatic heterocycles. The summed E-state index contributed by atoms with van der Waals surface area (Å²) in [6.45, 7) is 9.10. The maximum Gasteiger partial charge on any atom is 0.223 e. The molecule has 15 heavy (non-hydrogen) atoms. The van der Waals surface area contributed by atoms with Crippen molar-refractivity contribution in [3.63, 3.8) is 0 Å². The molecule has 86 valence electrons. The van der Waals surface area contributed by atoms with E-state index in [0.29, 0.717) is 18.9 Å². The fraction of sp³-hybridized carbons (Fsp3) is 0.769. The van der Waals surface area contributed by atoms with Gasteiger partial charge in [0.05, 0.1) is 6.54 Å². The highest BCUT2D eigenvalue weighted by molar-refractivity contribution is 5.76. The highest BCUT2D eigenvalue weighted by atomic mass is 16.2. The van der Waals surface area contributed by atoms with Crippen molar-refractivity contribution in [2.24, 2.45) is 11.3 Å². The second-order valence-corrected chi connectivity index (χ2v) is 5.53. The summed E-state index contributed by atoms with van der Waals surface area (Å²) in [5.74, 6) is 3.03. The molecule has 0 saturated heterocycles. The summed E-state index contributed by atoms with van der Waals surface area (Å²) in [6.07, 6.45) is 6.81. The van der Waals surface area contributed by atoms with Crippen molar-refractivity contribution in [2.45, 2.75) is 40.5 Å². The molecular formula is C13H23NO. The van der Waals surface area contributed by atoms with Crippen LogP contribution in [-0.2, 0) is 4.79 Å². The first-order valence-corrected chi connectivity index (χ1v) is 5.43. The molecule has 2 heteroatoms. The Balaban J connectivity index is 4.03. The van der Waals surface area contributed by atoms with E-state index in [2.05, 4.69) is 33.6 Å². The van der Waals surface area contributed by atoms with Crippen LogP contribution in [0, 0.1) is 23.7 Å². The lowest BCUT2D eigenvalue weighted by molar-refractivity contribution is -0.130. The summed E-state index contributed by atoms with van der Waals surface area (Å²) in [5.41, 5.74) is 0.282. The van der Waals surface area contributed by atoms with Gasteiger partial charge in [-0.3, -0.25) is 4.79 Å². The van der Waals surface area contributed by atoms with Gasteiger partial charge in [0.1, 0.15) is 0 Å². The van der Waals surface area contributed by atoms with E-state index in [0.717, 1.165) is 6.42 Å². The van der Waals surface area contributed by atoms with Crippen molar-refractivity contribution in [2.75, 3.05) is 13.6 Å². The molecule has 0 aromatic rings. The Morgan fingerprint density at radius 2 is 2.00 bits per heavy atom. The average Bonchev–Trinajstić information content (AvgIpc) is 2.00. The SMILES string of the molecule is C#CCN(C)C(=O)CC(C)CC(C)(C)C. The quantitative estimate of drug-likeness (QED) is 0.652. The van der Waals surface area contributed by atoms with Crippen LogP contribution in [0.25, 0.3) is 0 Å². The van der Waals surface area contributed by atoms with Gasteiger partial charge in [-0.2, -0.15) is 0 Å². The van der Waals surface area contributed by atoms with E-state index in [9.17, 15) is 4.79 Å². The molecule has 0 bridgehead atoms. The molecule has 0 heterocycles. The molecular weight excluding hydrogens is 186 g/mol. The van der Waals surface area contributed by atoms with Crippen LogP contribution in [0.3, 0.4) is 0 Å². The van der Waals surface area contributed by atoms with Crippen molar-refractivity contribution < 1.29 is 4.79 Å². The molecule has 0 rings (SSSR count). The van der Waals surface area contributed by atoms with Crippen molar-refractivity contribution >= 4 is 5.91 Å². The molecule has 0 aliphatic heterocycles. The third-order valence-corrected chi connectivity index (χ3v) is 2.24. The number of nitrogens with zero attached hydrogens (tertiary/aromatic N) is 1. The van der Waals surface area contributed by atoms with Crippen molar-refractivity contribution in [3.8, 4) is 12.3 Å². The van der Waals surface area contributed by atoms with Gasteiger partial charge in [-0.25, -0.2) is 0 Å². The van der Waals surface area contributed by atoms with Crippen LogP contribution in [0.15, 0.2) is 0 Å². The van der Waals surface area contributed by atoms with Crippen LogP contribution in [0.2, 0.25) is 0 Å². The topological polar surface area (TPSA) is 20.3 Å². The molecule has 0 fully saturated rings. The third-order valence-electron chi connectivity index (χ3n) is 2.24. The highest BCUT2D eigenvalue weighted by Gasteiger charge is 2.18. The van der Waals surface area contributed by atoms with E-state index in [1.54, 1.807) is 11.9 Å². The van der Waals surface area contributed by atoms with E-state index in [1.165, 1.54) is 0 Å². The Morgan fingerprint density at radius 3 is 2.40 bits per heavy atom. The molecule has 1 unspecified atom stereocenters. The van der Waals surface area contributed by atoms with Gasteiger partial charge in [0.25, 0.3) is 0 Å². The first-order chi connectivity index (χ1) is 6.76. The van der Waals surface area contributed by atoms with Gasteiger partial charge in [0.2, 0.25) is 5.91 Å². The number of rotatable bonds is 4. The molecule has 0 aromatic carbocycles. The van der Waals surface area contributed by atoms with Gasteiger partial charge in [0.15, 0.2) is 0 Å². The van der Waals surface area contributed by atoms with Gasteiger partial charge in [-0.05, 0) is 17.8 Å². The third kappa shape index (κ3) is 7.02. The minimum absolute atomic E-state index is 0.143. The van der Waals surface area contributed by atoms with Gasteiger partial charge < -0.3 is 4.90 Å². The minimum atomic E-state index is 0.143. The molecule has 0 spiro atoms. The van der Waals surface area contributed by atoms with E-state index in [-0.39, 0.29) is 11.3 Å². The van der Waals surface area contributed by atoms with Crippen LogP contribution in [-0.4, -0.2) is 24.4 Å². The molecule has 1 amide bonds. The zero-order valence-corrected chi connectivity index (χ0v) is 10.6. The van der Waals surface area contributed by atoms with E-state index < -0.39 is 0 Å².